The normalized spacial score (nSPS) is 16.9. The zero-order chi connectivity index (χ0) is 15.2. The zero-order valence-corrected chi connectivity index (χ0v) is 12.8. The minimum absolute atomic E-state index is 0.0407. The van der Waals surface area contributed by atoms with Crippen molar-refractivity contribution in [1.29, 1.82) is 0 Å². The molecule has 1 fully saturated rings. The maximum absolute atomic E-state index is 11.9. The molecule has 0 bridgehead atoms. The van der Waals surface area contributed by atoms with Crippen molar-refractivity contribution in [3.05, 3.63) is 23.2 Å². The first-order chi connectivity index (χ1) is 10.0. The lowest BCUT2D eigenvalue weighted by molar-refractivity contribution is -0.116. The predicted octanol–water partition coefficient (Wildman–Crippen LogP) is 2.10. The highest BCUT2D eigenvalue weighted by molar-refractivity contribution is 6.31. The fourth-order valence-electron chi connectivity index (χ4n) is 2.47. The van der Waals surface area contributed by atoms with Crippen LogP contribution in [0.4, 0.5) is 11.4 Å². The van der Waals surface area contributed by atoms with Gasteiger partial charge in [0.15, 0.2) is 0 Å². The molecule has 0 atom stereocenters. The number of aliphatic hydroxyl groups is 1. The molecule has 116 valence electrons. The lowest BCUT2D eigenvalue weighted by Gasteiger charge is -2.29. The first-order valence-corrected chi connectivity index (χ1v) is 7.67. The summed E-state index contributed by atoms with van der Waals surface area (Å²) in [5.41, 5.74) is 6.87. The first-order valence-electron chi connectivity index (χ1n) is 7.30. The summed E-state index contributed by atoms with van der Waals surface area (Å²) in [5.74, 6) is -0.0407. The molecule has 1 heterocycles. The second-order valence-corrected chi connectivity index (χ2v) is 5.89. The van der Waals surface area contributed by atoms with E-state index in [1.165, 1.54) is 0 Å². The van der Waals surface area contributed by atoms with Crippen molar-refractivity contribution < 1.29 is 9.90 Å². The highest BCUT2D eigenvalue weighted by atomic mass is 35.5. The van der Waals surface area contributed by atoms with E-state index in [4.69, 9.17) is 17.3 Å². The molecule has 1 amide bonds. The molecule has 1 aromatic rings. The maximum Gasteiger partial charge on any atom is 0.224 e. The molecule has 5 nitrogen and oxygen atoms in total. The number of nitrogen functional groups attached to an aromatic ring is 1. The van der Waals surface area contributed by atoms with Crippen molar-refractivity contribution in [2.75, 3.05) is 30.7 Å². The molecule has 0 spiro atoms. The molecule has 0 aromatic heterocycles. The van der Waals surface area contributed by atoms with Crippen LogP contribution in [0.2, 0.25) is 5.02 Å². The Hall–Kier alpha value is -1.30. The van der Waals surface area contributed by atoms with Crippen molar-refractivity contribution in [1.82, 2.24) is 4.90 Å². The number of nitrogens with zero attached hydrogens (tertiary/aromatic N) is 1. The number of hydrogen-bond donors (Lipinski definition) is 3. The number of hydrogen-bond acceptors (Lipinski definition) is 4. The topological polar surface area (TPSA) is 78.6 Å². The number of amides is 1. The van der Waals surface area contributed by atoms with Gasteiger partial charge in [-0.25, -0.2) is 0 Å². The van der Waals surface area contributed by atoms with Crippen LogP contribution in [0, 0.1) is 0 Å². The van der Waals surface area contributed by atoms with Gasteiger partial charge < -0.3 is 21.1 Å². The highest BCUT2D eigenvalue weighted by Gasteiger charge is 2.16. The number of anilines is 2. The van der Waals surface area contributed by atoms with Crippen LogP contribution >= 0.6 is 11.6 Å². The lowest BCUT2D eigenvalue weighted by atomic mass is 10.1. The third-order valence-corrected chi connectivity index (χ3v) is 3.96. The number of benzene rings is 1. The quantitative estimate of drug-likeness (QED) is 0.728. The molecule has 1 aromatic carbocycles. The molecule has 0 radical (unpaired) electrons. The van der Waals surface area contributed by atoms with E-state index >= 15 is 0 Å². The van der Waals surface area contributed by atoms with Gasteiger partial charge in [-0.2, -0.15) is 0 Å². The Bertz CT molecular complexity index is 488. The van der Waals surface area contributed by atoms with Crippen LogP contribution < -0.4 is 11.1 Å². The third-order valence-electron chi connectivity index (χ3n) is 3.72. The largest absolute Gasteiger partial charge is 0.397 e. The minimum atomic E-state index is -0.155. The molecular formula is C15H22ClN3O2. The van der Waals surface area contributed by atoms with Gasteiger partial charge in [0.25, 0.3) is 0 Å². The zero-order valence-electron chi connectivity index (χ0n) is 12.0. The summed E-state index contributed by atoms with van der Waals surface area (Å²) >= 11 is 5.82. The van der Waals surface area contributed by atoms with E-state index in [9.17, 15) is 9.90 Å². The van der Waals surface area contributed by atoms with E-state index in [1.54, 1.807) is 18.2 Å². The molecule has 0 aliphatic carbocycles. The molecule has 1 saturated heterocycles. The number of nitrogens with two attached hydrogens (primary N) is 1. The molecule has 1 aliphatic heterocycles. The fourth-order valence-corrected chi connectivity index (χ4v) is 2.65. The smallest absolute Gasteiger partial charge is 0.224 e. The van der Waals surface area contributed by atoms with Crippen molar-refractivity contribution in [3.63, 3.8) is 0 Å². The third kappa shape index (κ3) is 5.19. The van der Waals surface area contributed by atoms with Gasteiger partial charge in [-0.05, 0) is 44.0 Å². The molecule has 6 heteroatoms. The van der Waals surface area contributed by atoms with E-state index in [-0.39, 0.29) is 12.0 Å². The van der Waals surface area contributed by atoms with E-state index in [1.807, 2.05) is 0 Å². The molecule has 0 unspecified atom stereocenters. The average Bonchev–Trinajstić information content (AvgIpc) is 2.44. The molecular weight excluding hydrogens is 290 g/mol. The summed E-state index contributed by atoms with van der Waals surface area (Å²) in [6.07, 6.45) is 2.76. The summed E-state index contributed by atoms with van der Waals surface area (Å²) in [7, 11) is 0. The number of piperidine rings is 1. The van der Waals surface area contributed by atoms with Crippen LogP contribution in [0.15, 0.2) is 18.2 Å². The van der Waals surface area contributed by atoms with Crippen LogP contribution in [0.3, 0.4) is 0 Å². The van der Waals surface area contributed by atoms with Gasteiger partial charge in [-0.15, -0.1) is 0 Å². The van der Waals surface area contributed by atoms with Gasteiger partial charge in [0, 0.05) is 24.5 Å². The Morgan fingerprint density at radius 2 is 2.14 bits per heavy atom. The van der Waals surface area contributed by atoms with Crippen molar-refractivity contribution in [2.24, 2.45) is 0 Å². The van der Waals surface area contributed by atoms with Gasteiger partial charge in [0.2, 0.25) is 5.91 Å². The summed E-state index contributed by atoms with van der Waals surface area (Å²) < 4.78 is 0. The maximum atomic E-state index is 11.9. The average molecular weight is 312 g/mol. The van der Waals surface area contributed by atoms with Crippen molar-refractivity contribution in [2.45, 2.75) is 31.8 Å². The van der Waals surface area contributed by atoms with Gasteiger partial charge >= 0.3 is 0 Å². The molecule has 21 heavy (non-hydrogen) atoms. The summed E-state index contributed by atoms with van der Waals surface area (Å²) in [4.78, 5) is 14.2. The van der Waals surface area contributed by atoms with Crippen LogP contribution in [0.5, 0.6) is 0 Å². The first kappa shape index (κ1) is 16.1. The lowest BCUT2D eigenvalue weighted by Crippen LogP contribution is -2.36. The van der Waals surface area contributed by atoms with Crippen LogP contribution in [-0.2, 0) is 4.79 Å². The molecule has 1 aliphatic rings. The Balaban J connectivity index is 1.70. The van der Waals surface area contributed by atoms with Crippen molar-refractivity contribution >= 4 is 28.9 Å². The van der Waals surface area contributed by atoms with E-state index in [2.05, 4.69) is 10.2 Å². The number of likely N-dealkylation sites (tertiary alicyclic amines) is 1. The van der Waals surface area contributed by atoms with Crippen LogP contribution in [0.25, 0.3) is 0 Å². The standard InChI is InChI=1S/C15H22ClN3O2/c16-11-3-4-14(13(17)10-11)18-15(21)2-1-7-19-8-5-12(20)6-9-19/h3-4,10,12,20H,1-2,5-9,17H2,(H,18,21). The summed E-state index contributed by atoms with van der Waals surface area (Å²) in [6, 6.07) is 5.03. The summed E-state index contributed by atoms with van der Waals surface area (Å²) in [5, 5.41) is 12.8. The molecule has 2 rings (SSSR count). The monoisotopic (exact) mass is 311 g/mol. The van der Waals surface area contributed by atoms with Crippen molar-refractivity contribution in [3.8, 4) is 0 Å². The number of nitrogens with one attached hydrogen (secondary N) is 1. The Kier molecular flexibility index (Phi) is 5.85. The van der Waals surface area contributed by atoms with E-state index < -0.39 is 0 Å². The minimum Gasteiger partial charge on any atom is -0.397 e. The number of aliphatic hydroxyl groups excluding tert-OH is 1. The molecule has 4 N–H and O–H groups in total. The summed E-state index contributed by atoms with van der Waals surface area (Å²) in [6.45, 7) is 2.70. The Labute approximate surface area is 130 Å². The second kappa shape index (κ2) is 7.64. The van der Waals surface area contributed by atoms with Gasteiger partial charge in [-0.1, -0.05) is 11.6 Å². The SMILES string of the molecule is Nc1cc(Cl)ccc1NC(=O)CCCN1CCC(O)CC1. The Morgan fingerprint density at radius 1 is 1.43 bits per heavy atom. The second-order valence-electron chi connectivity index (χ2n) is 5.46. The molecule has 0 saturated carbocycles. The number of carbonyl (C=O) groups excluding carboxylic acids is 1. The highest BCUT2D eigenvalue weighted by Crippen LogP contribution is 2.22. The van der Waals surface area contributed by atoms with Crippen LogP contribution in [0.1, 0.15) is 25.7 Å². The van der Waals surface area contributed by atoms with Gasteiger partial charge in [0.1, 0.15) is 0 Å². The van der Waals surface area contributed by atoms with Crippen LogP contribution in [-0.4, -0.2) is 41.7 Å². The predicted molar refractivity (Wildman–Crippen MR) is 85.4 cm³/mol. The fraction of sp³-hybridized carbons (Fsp3) is 0.533. The number of carbonyl (C=O) groups is 1. The number of rotatable bonds is 5. The number of halogens is 1. The van der Waals surface area contributed by atoms with Gasteiger partial charge in [-0.3, -0.25) is 4.79 Å². The van der Waals surface area contributed by atoms with E-state index in [0.29, 0.717) is 22.8 Å². The van der Waals surface area contributed by atoms with Gasteiger partial charge in [0.05, 0.1) is 17.5 Å². The van der Waals surface area contributed by atoms with E-state index in [0.717, 1.165) is 38.9 Å². The Morgan fingerprint density at radius 3 is 2.81 bits per heavy atom.